The zero-order valence-corrected chi connectivity index (χ0v) is 25.9. The second-order valence-electron chi connectivity index (χ2n) is 12.2. The number of likely N-dealkylation sites (N-methyl/N-ethyl adjacent to an activating group) is 1. The number of anilines is 2. The van der Waals surface area contributed by atoms with Crippen molar-refractivity contribution in [2.24, 2.45) is 5.92 Å². The van der Waals surface area contributed by atoms with E-state index in [-0.39, 0.29) is 6.04 Å². The summed E-state index contributed by atoms with van der Waals surface area (Å²) < 4.78 is 6.51. The van der Waals surface area contributed by atoms with Gasteiger partial charge in [-0.3, -0.25) is 14.9 Å². The van der Waals surface area contributed by atoms with Crippen molar-refractivity contribution < 1.29 is 19.1 Å². The molecule has 0 spiro atoms. The topological polar surface area (TPSA) is 104 Å². The first-order chi connectivity index (χ1) is 19.3. The monoisotopic (exact) mass is 579 g/mol. The first-order valence-corrected chi connectivity index (χ1v) is 14.9. The lowest BCUT2D eigenvalue weighted by Crippen LogP contribution is -2.46. The zero-order chi connectivity index (χ0) is 29.9. The first-order valence-electron chi connectivity index (χ1n) is 14.0. The highest BCUT2D eigenvalue weighted by Crippen LogP contribution is 2.37. The van der Waals surface area contributed by atoms with Crippen LogP contribution in [0.5, 0.6) is 0 Å². The molecule has 1 fully saturated rings. The number of hydrogen-bond acceptors (Lipinski definition) is 7. The number of carbonyl (C=O) groups excluding carboxylic acids is 3. The second kappa shape index (κ2) is 12.6. The Morgan fingerprint density at radius 1 is 1.15 bits per heavy atom. The van der Waals surface area contributed by atoms with Crippen LogP contribution in [0.25, 0.3) is 10.1 Å². The number of nitrogens with zero attached hydrogens (tertiary/aromatic N) is 3. The van der Waals surface area contributed by atoms with Gasteiger partial charge in [0.2, 0.25) is 0 Å². The lowest BCUT2D eigenvalue weighted by atomic mass is 9.89. The van der Waals surface area contributed by atoms with Gasteiger partial charge in [0, 0.05) is 17.8 Å². The molecule has 2 N–H and O–H groups in total. The van der Waals surface area contributed by atoms with E-state index in [1.54, 1.807) is 50.0 Å². The third-order valence-electron chi connectivity index (χ3n) is 7.12. The van der Waals surface area contributed by atoms with Gasteiger partial charge in [-0.15, -0.1) is 11.3 Å². The normalized spacial score (nSPS) is 17.5. The molecule has 1 saturated heterocycles. The van der Waals surface area contributed by atoms with E-state index in [4.69, 9.17) is 4.74 Å². The minimum absolute atomic E-state index is 0.171. The Morgan fingerprint density at radius 3 is 2.59 bits per heavy atom. The molecule has 10 heteroatoms. The van der Waals surface area contributed by atoms with Crippen LogP contribution in [0, 0.1) is 12.8 Å². The number of thiophene rings is 1. The van der Waals surface area contributed by atoms with Crippen molar-refractivity contribution in [1.29, 1.82) is 0 Å². The smallest absolute Gasteiger partial charge is 0.413 e. The van der Waals surface area contributed by atoms with Crippen molar-refractivity contribution in [2.75, 3.05) is 37.8 Å². The third kappa shape index (κ3) is 7.83. The summed E-state index contributed by atoms with van der Waals surface area (Å²) in [6, 6.07) is 7.93. The number of rotatable bonds is 6. The summed E-state index contributed by atoms with van der Waals surface area (Å²) in [6.07, 6.45) is 3.55. The minimum atomic E-state index is -0.707. The average molecular weight is 580 g/mol. The number of nitrogens with one attached hydrogen (secondary N) is 2. The van der Waals surface area contributed by atoms with Gasteiger partial charge in [0.1, 0.15) is 11.4 Å². The van der Waals surface area contributed by atoms with Gasteiger partial charge in [-0.25, -0.2) is 9.78 Å². The number of ether oxygens (including phenoxy) is 1. The van der Waals surface area contributed by atoms with Crippen LogP contribution in [0.1, 0.15) is 63.3 Å². The van der Waals surface area contributed by atoms with E-state index in [0.29, 0.717) is 29.5 Å². The molecule has 0 saturated carbocycles. The predicted molar refractivity (Wildman–Crippen MR) is 164 cm³/mol. The third-order valence-corrected chi connectivity index (χ3v) is 8.13. The van der Waals surface area contributed by atoms with Crippen LogP contribution in [0.3, 0.4) is 0 Å². The molecule has 0 radical (unpaired) electrons. The Labute approximate surface area is 246 Å². The van der Waals surface area contributed by atoms with Gasteiger partial charge >= 0.3 is 17.9 Å². The molecule has 3 amide bonds. The van der Waals surface area contributed by atoms with Gasteiger partial charge in [0.15, 0.2) is 0 Å². The molecular weight excluding hydrogens is 538 g/mol. The van der Waals surface area contributed by atoms with Crippen LogP contribution in [0.15, 0.2) is 35.8 Å². The van der Waals surface area contributed by atoms with Crippen molar-refractivity contribution in [3.05, 3.63) is 52.5 Å². The SMILES string of the molecule is Cc1cc(NC(=O)C(=O)N2CC(C)CCC2c2ccc3scc(CCN(C)C)c3c2)cnc1NC(=O)OC(C)(C)C. The zero-order valence-electron chi connectivity index (χ0n) is 25.0. The second-order valence-corrected chi connectivity index (χ2v) is 13.1. The maximum atomic E-state index is 13.5. The van der Waals surface area contributed by atoms with E-state index in [1.165, 1.54) is 21.8 Å². The lowest BCUT2D eigenvalue weighted by molar-refractivity contribution is -0.146. The van der Waals surface area contributed by atoms with Gasteiger partial charge in [-0.1, -0.05) is 13.0 Å². The summed E-state index contributed by atoms with van der Waals surface area (Å²) in [7, 11) is 4.15. The highest BCUT2D eigenvalue weighted by molar-refractivity contribution is 7.17. The largest absolute Gasteiger partial charge is 0.444 e. The van der Waals surface area contributed by atoms with Gasteiger partial charge in [-0.2, -0.15) is 0 Å². The van der Waals surface area contributed by atoms with Crippen molar-refractivity contribution in [3.8, 4) is 0 Å². The molecule has 220 valence electrons. The molecule has 2 aromatic heterocycles. The summed E-state index contributed by atoms with van der Waals surface area (Å²) >= 11 is 1.74. The molecule has 2 atom stereocenters. The summed E-state index contributed by atoms with van der Waals surface area (Å²) in [4.78, 5) is 47.0. The highest BCUT2D eigenvalue weighted by Gasteiger charge is 2.34. The van der Waals surface area contributed by atoms with Crippen LogP contribution >= 0.6 is 11.3 Å². The van der Waals surface area contributed by atoms with Gasteiger partial charge in [0.05, 0.1) is 17.9 Å². The summed E-state index contributed by atoms with van der Waals surface area (Å²) in [5.74, 6) is -0.650. The van der Waals surface area contributed by atoms with Gasteiger partial charge < -0.3 is 19.9 Å². The minimum Gasteiger partial charge on any atom is -0.444 e. The fourth-order valence-corrected chi connectivity index (χ4v) is 6.03. The molecule has 1 aliphatic heterocycles. The molecule has 4 rings (SSSR count). The van der Waals surface area contributed by atoms with Crippen molar-refractivity contribution in [2.45, 2.75) is 65.5 Å². The maximum absolute atomic E-state index is 13.5. The van der Waals surface area contributed by atoms with Crippen LogP contribution in [-0.2, 0) is 20.7 Å². The number of carbonyl (C=O) groups is 3. The molecule has 41 heavy (non-hydrogen) atoms. The number of amides is 3. The number of fused-ring (bicyclic) bond motifs is 1. The number of pyridine rings is 1. The standard InChI is InChI=1S/C31H41N5O4S/c1-19-8-10-25(21-9-11-26-24(15-21)22(18-41-26)12-13-35(6)7)36(17-19)29(38)28(37)33-23-14-20(2)27(32-16-23)34-30(39)40-31(3,4)5/h9,11,14-16,18-19,25H,8,10,12-13,17H2,1-7H3,(H,33,37)(H,32,34,39). The summed E-state index contributed by atoms with van der Waals surface area (Å²) in [5.41, 5.74) is 2.74. The highest BCUT2D eigenvalue weighted by atomic mass is 32.1. The number of aromatic nitrogens is 1. The van der Waals surface area contributed by atoms with E-state index < -0.39 is 23.5 Å². The van der Waals surface area contributed by atoms with E-state index in [2.05, 4.69) is 65.1 Å². The van der Waals surface area contributed by atoms with E-state index in [1.807, 2.05) is 0 Å². The van der Waals surface area contributed by atoms with E-state index in [9.17, 15) is 14.4 Å². The van der Waals surface area contributed by atoms with Crippen molar-refractivity contribution in [1.82, 2.24) is 14.8 Å². The van der Waals surface area contributed by atoms with Crippen molar-refractivity contribution >= 4 is 50.8 Å². The van der Waals surface area contributed by atoms with Crippen LogP contribution < -0.4 is 10.6 Å². The predicted octanol–water partition coefficient (Wildman–Crippen LogP) is 5.99. The molecule has 0 bridgehead atoms. The molecule has 9 nitrogen and oxygen atoms in total. The van der Waals surface area contributed by atoms with E-state index in [0.717, 1.165) is 31.4 Å². The fraction of sp³-hybridized carbons (Fsp3) is 0.484. The van der Waals surface area contributed by atoms with E-state index >= 15 is 0 Å². The molecule has 1 aliphatic rings. The number of benzene rings is 1. The molecule has 3 heterocycles. The van der Waals surface area contributed by atoms with Crippen molar-refractivity contribution in [3.63, 3.8) is 0 Å². The lowest BCUT2D eigenvalue weighted by Gasteiger charge is -2.38. The molecular formula is C31H41N5O4S. The Hall–Kier alpha value is -3.50. The Morgan fingerprint density at radius 2 is 1.90 bits per heavy atom. The summed E-state index contributed by atoms with van der Waals surface area (Å²) in [6.45, 7) is 10.7. The molecule has 1 aromatic carbocycles. The molecule has 0 aliphatic carbocycles. The number of likely N-dealkylation sites (tertiary alicyclic amines) is 1. The molecule has 2 unspecified atom stereocenters. The molecule has 3 aromatic rings. The number of hydrogen-bond donors (Lipinski definition) is 2. The van der Waals surface area contributed by atoms with Gasteiger partial charge in [0.25, 0.3) is 0 Å². The quantitative estimate of drug-likeness (QED) is 0.348. The Balaban J connectivity index is 1.49. The Bertz CT molecular complexity index is 1430. The average Bonchev–Trinajstić information content (AvgIpc) is 3.29. The first kappa shape index (κ1) is 30.5. The Kier molecular flexibility index (Phi) is 9.34. The number of piperidine rings is 1. The fourth-order valence-electron chi connectivity index (χ4n) is 5.06. The van der Waals surface area contributed by atoms with Crippen LogP contribution in [-0.4, -0.2) is 65.5 Å². The summed E-state index contributed by atoms with van der Waals surface area (Å²) in [5, 5.41) is 8.78. The maximum Gasteiger partial charge on any atom is 0.413 e. The van der Waals surface area contributed by atoms with Gasteiger partial charge in [-0.05, 0) is 113 Å². The number of aryl methyl sites for hydroxylation is 1. The van der Waals surface area contributed by atoms with Crippen LogP contribution in [0.4, 0.5) is 16.3 Å². The van der Waals surface area contributed by atoms with Crippen LogP contribution in [0.2, 0.25) is 0 Å².